The van der Waals surface area contributed by atoms with Gasteiger partial charge < -0.3 is 26.2 Å². The molecule has 1 aromatic carbocycles. The number of fused-ring (bicyclic) bond motifs is 1. The third-order valence-corrected chi connectivity index (χ3v) is 3.66. The van der Waals surface area contributed by atoms with Gasteiger partial charge in [-0.15, -0.1) is 0 Å². The Morgan fingerprint density at radius 1 is 1.55 bits per heavy atom. The summed E-state index contributed by atoms with van der Waals surface area (Å²) < 4.78 is 5.32. The molecule has 0 fully saturated rings. The van der Waals surface area contributed by atoms with Crippen LogP contribution in [0, 0.1) is 0 Å². The molecule has 0 saturated heterocycles. The van der Waals surface area contributed by atoms with E-state index in [0.717, 1.165) is 12.1 Å². The van der Waals surface area contributed by atoms with Crippen molar-refractivity contribution in [3.63, 3.8) is 0 Å². The number of hydrogen-bond donors (Lipinski definition) is 4. The molecule has 5 N–H and O–H groups in total. The van der Waals surface area contributed by atoms with Crippen LogP contribution >= 0.6 is 0 Å². The van der Waals surface area contributed by atoms with Gasteiger partial charge in [0.1, 0.15) is 5.75 Å². The van der Waals surface area contributed by atoms with Crippen LogP contribution in [0.2, 0.25) is 0 Å². The second-order valence-corrected chi connectivity index (χ2v) is 5.29. The highest BCUT2D eigenvalue weighted by Gasteiger charge is 2.24. The predicted octanol–water partition coefficient (Wildman–Crippen LogP) is 1.56. The highest BCUT2D eigenvalue weighted by atomic mass is 16.5. The van der Waals surface area contributed by atoms with E-state index < -0.39 is 0 Å². The number of nitrogens with one attached hydrogen (secondary N) is 2. The third-order valence-electron chi connectivity index (χ3n) is 3.66. The molecule has 110 valence electrons. The van der Waals surface area contributed by atoms with Crippen LogP contribution in [0.4, 0.5) is 17.1 Å². The van der Waals surface area contributed by atoms with Gasteiger partial charge in [-0.25, -0.2) is 0 Å². The lowest BCUT2D eigenvalue weighted by Gasteiger charge is -2.31. The van der Waals surface area contributed by atoms with Crippen LogP contribution in [-0.2, 0) is 4.79 Å². The van der Waals surface area contributed by atoms with Gasteiger partial charge in [-0.3, -0.25) is 4.79 Å². The molecule has 0 spiro atoms. The highest BCUT2D eigenvalue weighted by molar-refractivity contribution is 5.97. The molecule has 1 aliphatic heterocycles. The zero-order chi connectivity index (χ0) is 14.8. The Morgan fingerprint density at radius 2 is 2.30 bits per heavy atom. The first-order valence-electron chi connectivity index (χ1n) is 6.72. The van der Waals surface area contributed by atoms with E-state index in [1.165, 1.54) is 0 Å². The Morgan fingerprint density at radius 3 is 2.95 bits per heavy atom. The molecular weight excluding hydrogens is 258 g/mol. The second kappa shape index (κ2) is 5.58. The standard InChI is InChI=1S/C14H21N3O3/c1-3-14(2,4-5-18)17-10-7-11-12(6-9(10)15)20-8-13(19)16-11/h6-7,17-18H,3-5,8,15H2,1-2H3,(H,16,19). The van der Waals surface area contributed by atoms with Crippen molar-refractivity contribution < 1.29 is 14.6 Å². The third kappa shape index (κ3) is 2.96. The van der Waals surface area contributed by atoms with Crippen molar-refractivity contribution in [1.82, 2.24) is 0 Å². The van der Waals surface area contributed by atoms with Crippen molar-refractivity contribution in [3.8, 4) is 5.75 Å². The first-order valence-corrected chi connectivity index (χ1v) is 6.72. The van der Waals surface area contributed by atoms with Crippen molar-refractivity contribution in [2.45, 2.75) is 32.2 Å². The van der Waals surface area contributed by atoms with E-state index in [1.807, 2.05) is 13.8 Å². The molecule has 0 aromatic heterocycles. The van der Waals surface area contributed by atoms with E-state index in [4.69, 9.17) is 15.6 Å². The highest BCUT2D eigenvalue weighted by Crippen LogP contribution is 2.37. The van der Waals surface area contributed by atoms with Gasteiger partial charge >= 0.3 is 0 Å². The molecular formula is C14H21N3O3. The van der Waals surface area contributed by atoms with E-state index >= 15 is 0 Å². The smallest absolute Gasteiger partial charge is 0.262 e. The predicted molar refractivity (Wildman–Crippen MR) is 79.0 cm³/mol. The Kier molecular flexibility index (Phi) is 4.04. The maximum Gasteiger partial charge on any atom is 0.262 e. The number of carbonyl (C=O) groups is 1. The summed E-state index contributed by atoms with van der Waals surface area (Å²) >= 11 is 0. The average molecular weight is 279 g/mol. The fourth-order valence-corrected chi connectivity index (χ4v) is 2.15. The fourth-order valence-electron chi connectivity index (χ4n) is 2.15. The van der Waals surface area contributed by atoms with E-state index in [0.29, 0.717) is 23.5 Å². The molecule has 0 saturated carbocycles. The van der Waals surface area contributed by atoms with Crippen LogP contribution in [0.15, 0.2) is 12.1 Å². The molecule has 1 heterocycles. The topological polar surface area (TPSA) is 96.6 Å². The summed E-state index contributed by atoms with van der Waals surface area (Å²) in [5.41, 5.74) is 7.66. The number of hydrogen-bond acceptors (Lipinski definition) is 5. The zero-order valence-electron chi connectivity index (χ0n) is 11.8. The summed E-state index contributed by atoms with van der Waals surface area (Å²) in [6.07, 6.45) is 1.45. The lowest BCUT2D eigenvalue weighted by molar-refractivity contribution is -0.118. The maximum absolute atomic E-state index is 11.3. The molecule has 0 radical (unpaired) electrons. The first-order chi connectivity index (χ1) is 9.47. The van der Waals surface area contributed by atoms with Gasteiger partial charge in [-0.2, -0.15) is 0 Å². The van der Waals surface area contributed by atoms with Crippen LogP contribution in [0.25, 0.3) is 0 Å². The minimum Gasteiger partial charge on any atom is -0.482 e. The molecule has 1 aliphatic rings. The molecule has 1 atom stereocenters. The summed E-state index contributed by atoms with van der Waals surface area (Å²) in [6.45, 7) is 4.18. The summed E-state index contributed by atoms with van der Waals surface area (Å²) in [4.78, 5) is 11.3. The first kappa shape index (κ1) is 14.5. The second-order valence-electron chi connectivity index (χ2n) is 5.29. The minimum absolute atomic E-state index is 0.0103. The number of carbonyl (C=O) groups excluding carboxylic acids is 1. The van der Waals surface area contributed by atoms with Gasteiger partial charge in [-0.05, 0) is 25.8 Å². The van der Waals surface area contributed by atoms with Gasteiger partial charge in [0.15, 0.2) is 6.61 Å². The van der Waals surface area contributed by atoms with Crippen molar-refractivity contribution in [3.05, 3.63) is 12.1 Å². The van der Waals surface area contributed by atoms with Crippen LogP contribution < -0.4 is 21.1 Å². The van der Waals surface area contributed by atoms with E-state index in [-0.39, 0.29) is 24.7 Å². The van der Waals surface area contributed by atoms with Gasteiger partial charge in [0.05, 0.1) is 17.1 Å². The quantitative estimate of drug-likeness (QED) is 0.613. The lowest BCUT2D eigenvalue weighted by atomic mass is 9.94. The Labute approximate surface area is 118 Å². The van der Waals surface area contributed by atoms with Crippen LogP contribution in [-0.4, -0.2) is 29.8 Å². The molecule has 1 unspecified atom stereocenters. The number of aliphatic hydroxyl groups is 1. The number of benzene rings is 1. The summed E-state index contributed by atoms with van der Waals surface area (Å²) in [5.74, 6) is 0.398. The number of anilines is 3. The Hall–Kier alpha value is -1.95. The van der Waals surface area contributed by atoms with Crippen molar-refractivity contribution >= 4 is 23.0 Å². The number of amides is 1. The molecule has 6 heteroatoms. The van der Waals surface area contributed by atoms with Crippen LogP contribution in [0.3, 0.4) is 0 Å². The molecule has 6 nitrogen and oxygen atoms in total. The number of nitrogen functional groups attached to an aromatic ring is 1. The van der Waals surface area contributed by atoms with Gasteiger partial charge in [0.2, 0.25) is 0 Å². The SMILES string of the molecule is CCC(C)(CCO)Nc1cc2c(cc1N)OCC(=O)N2. The van der Waals surface area contributed by atoms with Crippen LogP contribution in [0.1, 0.15) is 26.7 Å². The molecule has 0 aliphatic carbocycles. The molecule has 0 bridgehead atoms. The summed E-state index contributed by atoms with van der Waals surface area (Å²) in [6, 6.07) is 3.47. The Bertz CT molecular complexity index is 519. The minimum atomic E-state index is -0.253. The van der Waals surface area contributed by atoms with E-state index in [2.05, 4.69) is 10.6 Å². The van der Waals surface area contributed by atoms with E-state index in [9.17, 15) is 4.79 Å². The van der Waals surface area contributed by atoms with E-state index in [1.54, 1.807) is 12.1 Å². The largest absolute Gasteiger partial charge is 0.482 e. The fraction of sp³-hybridized carbons (Fsp3) is 0.500. The monoisotopic (exact) mass is 279 g/mol. The van der Waals surface area contributed by atoms with Crippen molar-refractivity contribution in [2.75, 3.05) is 29.6 Å². The molecule has 20 heavy (non-hydrogen) atoms. The average Bonchev–Trinajstić information content (AvgIpc) is 2.40. The van der Waals surface area contributed by atoms with Gasteiger partial charge in [0, 0.05) is 18.2 Å². The molecule has 1 amide bonds. The van der Waals surface area contributed by atoms with Crippen molar-refractivity contribution in [1.29, 1.82) is 0 Å². The summed E-state index contributed by atoms with van der Waals surface area (Å²) in [7, 11) is 0. The number of ether oxygens (including phenoxy) is 1. The van der Waals surface area contributed by atoms with Gasteiger partial charge in [0.25, 0.3) is 5.91 Å². The molecule has 2 rings (SSSR count). The normalized spacial score (nSPS) is 16.6. The number of aliphatic hydroxyl groups excluding tert-OH is 1. The molecule has 1 aromatic rings. The Balaban J connectivity index is 2.28. The van der Waals surface area contributed by atoms with Crippen LogP contribution in [0.5, 0.6) is 5.75 Å². The maximum atomic E-state index is 11.3. The zero-order valence-corrected chi connectivity index (χ0v) is 11.8. The van der Waals surface area contributed by atoms with Crippen molar-refractivity contribution in [2.24, 2.45) is 0 Å². The number of nitrogens with two attached hydrogens (primary N) is 1. The lowest BCUT2D eigenvalue weighted by Crippen LogP contribution is -2.35. The van der Waals surface area contributed by atoms with Gasteiger partial charge in [-0.1, -0.05) is 6.92 Å². The number of rotatable bonds is 5. The summed E-state index contributed by atoms with van der Waals surface area (Å²) in [5, 5.41) is 15.3.